The molecule has 1 aromatic carbocycles. The number of aliphatic carboxylic acids is 1. The summed E-state index contributed by atoms with van der Waals surface area (Å²) in [5.41, 5.74) is 6.32. The number of phenols is 2. The molecule has 15 heavy (non-hydrogen) atoms. The average molecular weight is 211 g/mol. The zero-order chi connectivity index (χ0) is 11.6. The fourth-order valence-corrected chi connectivity index (χ4v) is 1.23. The SMILES string of the molecule is Cc1cc(CC(N)C(=O)O)c(O)cc1O. The van der Waals surface area contributed by atoms with Crippen molar-refractivity contribution < 1.29 is 20.1 Å². The van der Waals surface area contributed by atoms with Crippen LogP contribution in [0.25, 0.3) is 0 Å². The molecule has 0 saturated heterocycles. The first kappa shape index (κ1) is 11.3. The van der Waals surface area contributed by atoms with Gasteiger partial charge in [-0.1, -0.05) is 0 Å². The lowest BCUT2D eigenvalue weighted by molar-refractivity contribution is -0.138. The number of benzene rings is 1. The van der Waals surface area contributed by atoms with Gasteiger partial charge in [-0.15, -0.1) is 0 Å². The second-order valence-corrected chi connectivity index (χ2v) is 3.42. The van der Waals surface area contributed by atoms with Crippen molar-refractivity contribution in [1.29, 1.82) is 0 Å². The molecule has 0 heterocycles. The van der Waals surface area contributed by atoms with E-state index in [9.17, 15) is 15.0 Å². The third-order valence-electron chi connectivity index (χ3n) is 2.15. The first-order valence-corrected chi connectivity index (χ1v) is 4.41. The molecule has 82 valence electrons. The molecular formula is C10H13NO4. The van der Waals surface area contributed by atoms with Crippen LogP contribution in [0, 0.1) is 6.92 Å². The van der Waals surface area contributed by atoms with Gasteiger partial charge in [0.25, 0.3) is 0 Å². The van der Waals surface area contributed by atoms with Crippen LogP contribution in [0.4, 0.5) is 0 Å². The van der Waals surface area contributed by atoms with E-state index >= 15 is 0 Å². The molecule has 0 aliphatic rings. The molecule has 5 heteroatoms. The summed E-state index contributed by atoms with van der Waals surface area (Å²) in [7, 11) is 0. The highest BCUT2D eigenvalue weighted by Gasteiger charge is 2.15. The molecule has 5 N–H and O–H groups in total. The zero-order valence-electron chi connectivity index (χ0n) is 8.27. The molecule has 0 saturated carbocycles. The Hall–Kier alpha value is -1.75. The van der Waals surface area contributed by atoms with Crippen LogP contribution in [0.2, 0.25) is 0 Å². The molecule has 0 spiro atoms. The van der Waals surface area contributed by atoms with E-state index in [0.717, 1.165) is 0 Å². The number of aromatic hydroxyl groups is 2. The molecule has 1 aromatic rings. The van der Waals surface area contributed by atoms with Crippen molar-refractivity contribution >= 4 is 5.97 Å². The van der Waals surface area contributed by atoms with Gasteiger partial charge in [0.1, 0.15) is 17.5 Å². The van der Waals surface area contributed by atoms with Crippen molar-refractivity contribution in [2.75, 3.05) is 0 Å². The van der Waals surface area contributed by atoms with Crippen molar-refractivity contribution in [3.05, 3.63) is 23.3 Å². The van der Waals surface area contributed by atoms with E-state index in [4.69, 9.17) is 10.8 Å². The number of carbonyl (C=O) groups is 1. The van der Waals surface area contributed by atoms with E-state index in [1.807, 2.05) is 0 Å². The van der Waals surface area contributed by atoms with Crippen LogP contribution in [0.3, 0.4) is 0 Å². The highest BCUT2D eigenvalue weighted by Crippen LogP contribution is 2.27. The third-order valence-corrected chi connectivity index (χ3v) is 2.15. The first-order chi connectivity index (χ1) is 6.91. The highest BCUT2D eigenvalue weighted by molar-refractivity contribution is 5.73. The quantitative estimate of drug-likeness (QED) is 0.578. The maximum absolute atomic E-state index is 10.5. The molecule has 0 aromatic heterocycles. The smallest absolute Gasteiger partial charge is 0.320 e. The number of hydrogen-bond donors (Lipinski definition) is 4. The van der Waals surface area contributed by atoms with Crippen molar-refractivity contribution in [2.24, 2.45) is 5.73 Å². The molecule has 5 nitrogen and oxygen atoms in total. The molecule has 0 aliphatic heterocycles. The Morgan fingerprint density at radius 1 is 1.40 bits per heavy atom. The second-order valence-electron chi connectivity index (χ2n) is 3.42. The minimum atomic E-state index is -1.12. The number of rotatable bonds is 3. The minimum absolute atomic E-state index is 0.0276. The summed E-state index contributed by atoms with van der Waals surface area (Å²) in [5.74, 6) is -1.30. The zero-order valence-corrected chi connectivity index (χ0v) is 8.27. The number of carboxylic acids is 1. The van der Waals surface area contributed by atoms with Gasteiger partial charge >= 0.3 is 5.97 Å². The Morgan fingerprint density at radius 2 is 2.00 bits per heavy atom. The van der Waals surface area contributed by atoms with Crippen molar-refractivity contribution in [3.8, 4) is 11.5 Å². The Labute approximate surface area is 86.8 Å². The van der Waals surface area contributed by atoms with Gasteiger partial charge in [0.05, 0.1) is 0 Å². The predicted molar refractivity (Wildman–Crippen MR) is 53.8 cm³/mol. The Balaban J connectivity index is 2.95. The molecule has 1 rings (SSSR count). The second kappa shape index (κ2) is 4.18. The van der Waals surface area contributed by atoms with Crippen LogP contribution >= 0.6 is 0 Å². The van der Waals surface area contributed by atoms with E-state index in [0.29, 0.717) is 11.1 Å². The van der Waals surface area contributed by atoms with Gasteiger partial charge in [-0.3, -0.25) is 4.79 Å². The fourth-order valence-electron chi connectivity index (χ4n) is 1.23. The van der Waals surface area contributed by atoms with Gasteiger partial charge in [-0.25, -0.2) is 0 Å². The summed E-state index contributed by atoms with van der Waals surface area (Å²) in [4.78, 5) is 10.5. The monoisotopic (exact) mass is 211 g/mol. The standard InChI is InChI=1S/C10H13NO4/c1-5-2-6(3-7(11)10(14)15)9(13)4-8(5)12/h2,4,7,12-13H,3,11H2,1H3,(H,14,15). The van der Waals surface area contributed by atoms with Crippen molar-refractivity contribution in [2.45, 2.75) is 19.4 Å². The number of phenolic OH excluding ortho intramolecular Hbond substituents is 2. The number of carboxylic acid groups (broad SMARTS) is 1. The summed E-state index contributed by atoms with van der Waals surface area (Å²) in [6, 6.07) is 1.65. The summed E-state index contributed by atoms with van der Waals surface area (Å²) in [5, 5.41) is 27.3. The van der Waals surface area contributed by atoms with Crippen molar-refractivity contribution in [3.63, 3.8) is 0 Å². The van der Waals surface area contributed by atoms with E-state index in [1.54, 1.807) is 6.92 Å². The Morgan fingerprint density at radius 3 is 2.53 bits per heavy atom. The first-order valence-electron chi connectivity index (χ1n) is 4.41. The van der Waals surface area contributed by atoms with E-state index < -0.39 is 12.0 Å². The predicted octanol–water partition coefficient (Wildman–Crippen LogP) is 0.361. The van der Waals surface area contributed by atoms with Crippen LogP contribution < -0.4 is 5.73 Å². The number of nitrogens with two attached hydrogens (primary N) is 1. The van der Waals surface area contributed by atoms with E-state index in [1.165, 1.54) is 12.1 Å². The third kappa shape index (κ3) is 2.60. The highest BCUT2D eigenvalue weighted by atomic mass is 16.4. The Bertz CT molecular complexity index is 389. The normalized spacial score (nSPS) is 12.4. The van der Waals surface area contributed by atoms with E-state index in [2.05, 4.69) is 0 Å². The maximum atomic E-state index is 10.5. The largest absolute Gasteiger partial charge is 0.508 e. The summed E-state index contributed by atoms with van der Waals surface area (Å²) in [6.07, 6.45) is 0.0300. The molecule has 1 unspecified atom stereocenters. The van der Waals surface area contributed by atoms with Gasteiger partial charge in [0, 0.05) is 12.5 Å². The topological polar surface area (TPSA) is 104 Å². The Kier molecular flexibility index (Phi) is 3.16. The van der Waals surface area contributed by atoms with Crippen molar-refractivity contribution in [1.82, 2.24) is 0 Å². The van der Waals surface area contributed by atoms with Crippen LogP contribution in [-0.2, 0) is 11.2 Å². The molecule has 0 fully saturated rings. The lowest BCUT2D eigenvalue weighted by atomic mass is 10.0. The van der Waals surface area contributed by atoms with Gasteiger partial charge in [-0.2, -0.15) is 0 Å². The van der Waals surface area contributed by atoms with E-state index in [-0.39, 0.29) is 17.9 Å². The number of aryl methyl sites for hydroxylation is 1. The average Bonchev–Trinajstić information content (AvgIpc) is 2.13. The van der Waals surface area contributed by atoms with Gasteiger partial charge in [0.2, 0.25) is 0 Å². The lowest BCUT2D eigenvalue weighted by Crippen LogP contribution is -2.32. The molecule has 0 amide bonds. The molecular weight excluding hydrogens is 198 g/mol. The lowest BCUT2D eigenvalue weighted by Gasteiger charge is -2.10. The summed E-state index contributed by atoms with van der Waals surface area (Å²) in [6.45, 7) is 1.66. The molecule has 0 aliphatic carbocycles. The number of hydrogen-bond acceptors (Lipinski definition) is 4. The summed E-state index contributed by atoms with van der Waals surface area (Å²) >= 11 is 0. The van der Waals surface area contributed by atoms with Crippen LogP contribution in [0.5, 0.6) is 11.5 Å². The van der Waals surface area contributed by atoms with Gasteiger partial charge < -0.3 is 21.1 Å². The van der Waals surface area contributed by atoms with Crippen LogP contribution in [0.15, 0.2) is 12.1 Å². The fraction of sp³-hybridized carbons (Fsp3) is 0.300. The van der Waals surface area contributed by atoms with Gasteiger partial charge in [-0.05, 0) is 24.1 Å². The van der Waals surface area contributed by atoms with Gasteiger partial charge in [0.15, 0.2) is 0 Å². The maximum Gasteiger partial charge on any atom is 0.320 e. The van der Waals surface area contributed by atoms with Crippen LogP contribution in [0.1, 0.15) is 11.1 Å². The van der Waals surface area contributed by atoms with Crippen LogP contribution in [-0.4, -0.2) is 27.3 Å². The molecule has 1 atom stereocenters. The summed E-state index contributed by atoms with van der Waals surface area (Å²) < 4.78 is 0. The minimum Gasteiger partial charge on any atom is -0.508 e. The molecule has 0 radical (unpaired) electrons. The molecule has 0 bridgehead atoms.